The molecule has 1 aromatic rings. The highest BCUT2D eigenvalue weighted by Crippen LogP contribution is 2.21. The monoisotopic (exact) mass is 955 g/mol. The Kier molecular flexibility index (Phi) is 21.4. The van der Waals surface area contributed by atoms with Gasteiger partial charge in [-0.25, -0.2) is 4.79 Å². The standard InChI is InChI=1S/C39H57N9O15S2/c1-19(51)30(36(59)44-25(17-64)33(56)45-26(18-65)38(61)48-12-6-10-28(48)35(58)43-24(16-50)39(62)63)46-32(55)23(15-49)42-34(57)27-9-5-11-47(27)37(60)22(13-20-7-3-2-4-8-20)41-31(54)21(40)14-29(52)53/h2-4,7-8,19,21-28,30,49-51,64-65H,5-6,9-18,40H2,1H3,(H,41,54)(H,42,57)(H,43,58)(H,44,59)(H,45,56)(H,46,55)(H,52,53)(H,62,63)/t19-,21+,22+,23+,24+,25+,26+,27+,28+,30+/m1/s1. The quantitative estimate of drug-likeness (QED) is 0.0429. The molecule has 8 amide bonds. The molecule has 10 atom stereocenters. The zero-order valence-corrected chi connectivity index (χ0v) is 37.1. The number of likely N-dealkylation sites (tertiary alicyclic amines) is 2. The first kappa shape index (κ1) is 53.8. The fourth-order valence-corrected chi connectivity index (χ4v) is 7.61. The van der Waals surface area contributed by atoms with E-state index in [1.165, 1.54) is 4.90 Å². The van der Waals surface area contributed by atoms with Crippen LogP contribution in [0.2, 0.25) is 0 Å². The van der Waals surface area contributed by atoms with Crippen molar-refractivity contribution in [2.75, 3.05) is 37.8 Å². The molecule has 2 heterocycles. The van der Waals surface area contributed by atoms with Crippen LogP contribution in [0.25, 0.3) is 0 Å². The molecule has 0 bridgehead atoms. The van der Waals surface area contributed by atoms with Crippen LogP contribution in [0.5, 0.6) is 0 Å². The lowest BCUT2D eigenvalue weighted by atomic mass is 10.0. The first-order valence-corrected chi connectivity index (χ1v) is 21.8. The van der Waals surface area contributed by atoms with E-state index in [1.54, 1.807) is 30.3 Å². The van der Waals surface area contributed by atoms with E-state index in [2.05, 4.69) is 57.2 Å². The third kappa shape index (κ3) is 15.3. The summed E-state index contributed by atoms with van der Waals surface area (Å²) in [6, 6.07) is -4.53. The number of hydrogen-bond donors (Lipinski definition) is 14. The number of carboxylic acids is 2. The molecule has 24 nitrogen and oxygen atoms in total. The van der Waals surface area contributed by atoms with E-state index in [-0.39, 0.29) is 43.9 Å². The molecule has 0 aromatic heterocycles. The summed E-state index contributed by atoms with van der Waals surface area (Å²) in [5.41, 5.74) is 6.36. The zero-order valence-electron chi connectivity index (χ0n) is 35.3. The number of nitrogens with one attached hydrogen (secondary N) is 6. The molecule has 0 aliphatic carbocycles. The van der Waals surface area contributed by atoms with Crippen LogP contribution < -0.4 is 37.6 Å². The van der Waals surface area contributed by atoms with Crippen LogP contribution in [-0.2, 0) is 54.4 Å². The molecule has 0 radical (unpaired) electrons. The van der Waals surface area contributed by atoms with Gasteiger partial charge in [0.05, 0.1) is 31.8 Å². The second kappa shape index (κ2) is 25.8. The number of carbonyl (C=O) groups excluding carboxylic acids is 8. The Morgan fingerprint density at radius 3 is 1.62 bits per heavy atom. The van der Waals surface area contributed by atoms with Crippen molar-refractivity contribution in [1.29, 1.82) is 0 Å². The maximum atomic E-state index is 13.9. The molecule has 0 saturated carbocycles. The van der Waals surface area contributed by atoms with Crippen molar-refractivity contribution in [1.82, 2.24) is 41.7 Å². The molecule has 2 aliphatic heterocycles. The summed E-state index contributed by atoms with van der Waals surface area (Å²) in [6.45, 7) is -0.648. The molecular formula is C39H57N9O15S2. The number of aliphatic hydroxyl groups is 3. The number of aliphatic hydroxyl groups excluding tert-OH is 3. The number of thiol groups is 2. The lowest BCUT2D eigenvalue weighted by molar-refractivity contribution is -0.145. The molecule has 1 aromatic carbocycles. The van der Waals surface area contributed by atoms with Gasteiger partial charge in [0, 0.05) is 31.0 Å². The Balaban J connectivity index is 1.67. The fraction of sp³-hybridized carbons (Fsp3) is 0.590. The number of carbonyl (C=O) groups is 10. The van der Waals surface area contributed by atoms with E-state index in [1.807, 2.05) is 0 Å². The summed E-state index contributed by atoms with van der Waals surface area (Å²) < 4.78 is 0. The SMILES string of the molecule is C[C@@H](O)[C@H](NC(=O)[C@H](CO)NC(=O)[C@@H]1CCCN1C(=O)[C@H](Cc1ccccc1)NC(=O)[C@@H](N)CC(=O)O)C(=O)N[C@@H](CS)C(=O)N[C@@H](CS)C(=O)N1CCC[C@H]1C(=O)N[C@@H](CO)C(=O)O. The predicted octanol–water partition coefficient (Wildman–Crippen LogP) is -5.77. The van der Waals surface area contributed by atoms with Crippen LogP contribution >= 0.6 is 25.3 Å². The molecule has 13 N–H and O–H groups in total. The number of aliphatic carboxylic acids is 2. The summed E-state index contributed by atoms with van der Waals surface area (Å²) in [7, 11) is 0. The van der Waals surface area contributed by atoms with E-state index in [9.17, 15) is 68.4 Å². The minimum absolute atomic E-state index is 0.0477. The lowest BCUT2D eigenvalue weighted by Crippen LogP contribution is -2.62. The average Bonchev–Trinajstić information content (AvgIpc) is 3.98. The highest BCUT2D eigenvalue weighted by Gasteiger charge is 2.42. The van der Waals surface area contributed by atoms with Crippen molar-refractivity contribution >= 4 is 84.5 Å². The van der Waals surface area contributed by atoms with Gasteiger partial charge in [0.2, 0.25) is 47.3 Å². The van der Waals surface area contributed by atoms with Gasteiger partial charge >= 0.3 is 11.9 Å². The highest BCUT2D eigenvalue weighted by atomic mass is 32.1. The number of carboxylic acid groups (broad SMARTS) is 2. The second-order valence-electron chi connectivity index (χ2n) is 15.4. The van der Waals surface area contributed by atoms with Crippen LogP contribution in [0.4, 0.5) is 0 Å². The van der Waals surface area contributed by atoms with Crippen LogP contribution in [0, 0.1) is 0 Å². The van der Waals surface area contributed by atoms with E-state index < -0.39 is 139 Å². The Morgan fingerprint density at radius 2 is 1.14 bits per heavy atom. The van der Waals surface area contributed by atoms with Crippen molar-refractivity contribution in [3.63, 3.8) is 0 Å². The van der Waals surface area contributed by atoms with E-state index in [0.717, 1.165) is 11.8 Å². The first-order valence-electron chi connectivity index (χ1n) is 20.6. The van der Waals surface area contributed by atoms with Gasteiger partial charge < -0.3 is 73.0 Å². The number of rotatable bonds is 24. The van der Waals surface area contributed by atoms with Gasteiger partial charge in [0.1, 0.15) is 48.3 Å². The zero-order chi connectivity index (χ0) is 48.5. The van der Waals surface area contributed by atoms with Gasteiger partial charge in [0.25, 0.3) is 0 Å². The van der Waals surface area contributed by atoms with Crippen molar-refractivity contribution in [3.8, 4) is 0 Å². The van der Waals surface area contributed by atoms with E-state index >= 15 is 0 Å². The normalized spacial score (nSPS) is 19.5. The summed E-state index contributed by atoms with van der Waals surface area (Å²) in [5, 5.41) is 62.2. The first-order chi connectivity index (χ1) is 30.8. The minimum Gasteiger partial charge on any atom is -0.481 e. The van der Waals surface area contributed by atoms with Crippen molar-refractivity contribution in [2.45, 2.75) is 106 Å². The number of amides is 8. The predicted molar refractivity (Wildman–Crippen MR) is 233 cm³/mol. The Hall–Kier alpha value is -5.54. The van der Waals surface area contributed by atoms with Gasteiger partial charge in [-0.15, -0.1) is 0 Å². The van der Waals surface area contributed by atoms with Crippen molar-refractivity contribution < 1.29 is 73.5 Å². The second-order valence-corrected chi connectivity index (χ2v) is 16.1. The lowest BCUT2D eigenvalue weighted by Gasteiger charge is -2.31. The molecular weight excluding hydrogens is 899 g/mol. The van der Waals surface area contributed by atoms with Crippen LogP contribution in [0.15, 0.2) is 30.3 Å². The molecule has 26 heteroatoms. The molecule has 0 spiro atoms. The van der Waals surface area contributed by atoms with Crippen molar-refractivity contribution in [3.05, 3.63) is 35.9 Å². The van der Waals surface area contributed by atoms with Crippen molar-refractivity contribution in [2.24, 2.45) is 5.73 Å². The molecule has 2 aliphatic rings. The topological polar surface area (TPSA) is 377 Å². The van der Waals surface area contributed by atoms with Gasteiger partial charge in [-0.2, -0.15) is 25.3 Å². The largest absolute Gasteiger partial charge is 0.481 e. The third-order valence-electron chi connectivity index (χ3n) is 10.6. The van der Waals surface area contributed by atoms with Gasteiger partial charge in [-0.3, -0.25) is 43.2 Å². The molecule has 2 fully saturated rings. The van der Waals surface area contributed by atoms with E-state index in [0.29, 0.717) is 18.4 Å². The van der Waals surface area contributed by atoms with Gasteiger partial charge in [-0.05, 0) is 38.2 Å². The summed E-state index contributed by atoms with van der Waals surface area (Å²) in [5.74, 6) is -10.8. The fourth-order valence-electron chi connectivity index (χ4n) is 7.10. The number of hydrogen-bond acceptors (Lipinski definition) is 16. The molecule has 65 heavy (non-hydrogen) atoms. The maximum Gasteiger partial charge on any atom is 0.328 e. The molecule has 2 saturated heterocycles. The Labute approximate surface area is 384 Å². The minimum atomic E-state index is -1.79. The van der Waals surface area contributed by atoms with Gasteiger partial charge in [-0.1, -0.05) is 30.3 Å². The number of benzene rings is 1. The number of nitrogens with two attached hydrogens (primary N) is 1. The third-order valence-corrected chi connectivity index (χ3v) is 11.3. The molecule has 0 unspecified atom stereocenters. The van der Waals surface area contributed by atoms with Crippen LogP contribution in [0.3, 0.4) is 0 Å². The number of nitrogens with zero attached hydrogens (tertiary/aromatic N) is 2. The summed E-state index contributed by atoms with van der Waals surface area (Å²) >= 11 is 8.26. The smallest absolute Gasteiger partial charge is 0.328 e. The van der Waals surface area contributed by atoms with Crippen LogP contribution in [-0.4, -0.2) is 193 Å². The van der Waals surface area contributed by atoms with Crippen LogP contribution in [0.1, 0.15) is 44.6 Å². The molecule has 3 rings (SSSR count). The van der Waals surface area contributed by atoms with E-state index in [4.69, 9.17) is 10.8 Å². The highest BCUT2D eigenvalue weighted by molar-refractivity contribution is 7.80. The Morgan fingerprint density at radius 1 is 0.662 bits per heavy atom. The summed E-state index contributed by atoms with van der Waals surface area (Å²) in [4.78, 5) is 132. The van der Waals surface area contributed by atoms with Gasteiger partial charge in [0.15, 0.2) is 0 Å². The average molecular weight is 956 g/mol. The maximum absolute atomic E-state index is 13.9. The summed E-state index contributed by atoms with van der Waals surface area (Å²) in [6.07, 6.45) is -1.43. The molecule has 360 valence electrons. The Bertz CT molecular complexity index is 1900.